The number of hydrogen-bond acceptors (Lipinski definition) is 3. The van der Waals surface area contributed by atoms with Gasteiger partial charge in [0.05, 0.1) is 19.3 Å². The Morgan fingerprint density at radius 2 is 2.40 bits per heavy atom. The maximum Gasteiger partial charge on any atom is 0.145 e. The van der Waals surface area contributed by atoms with Gasteiger partial charge in [0.25, 0.3) is 0 Å². The van der Waals surface area contributed by atoms with Crippen molar-refractivity contribution < 1.29 is 4.74 Å². The van der Waals surface area contributed by atoms with Crippen LogP contribution >= 0.6 is 0 Å². The molecular formula is C11H19N3O. The fourth-order valence-electron chi connectivity index (χ4n) is 2.11. The first-order valence-electron chi connectivity index (χ1n) is 5.38. The van der Waals surface area contributed by atoms with E-state index in [1.807, 2.05) is 17.7 Å². The minimum atomic E-state index is 0.276. The van der Waals surface area contributed by atoms with Crippen molar-refractivity contribution in [2.45, 2.75) is 39.8 Å². The number of anilines is 1. The lowest BCUT2D eigenvalue weighted by atomic mass is 9.91. The molecule has 1 aromatic heterocycles. The molecule has 0 spiro atoms. The minimum Gasteiger partial charge on any atom is -0.382 e. The number of aryl methyl sites for hydroxylation is 1. The molecule has 1 fully saturated rings. The molecule has 2 N–H and O–H groups in total. The first-order valence-corrected chi connectivity index (χ1v) is 5.38. The van der Waals surface area contributed by atoms with Crippen molar-refractivity contribution in [2.24, 2.45) is 5.41 Å². The molecular weight excluding hydrogens is 190 g/mol. The predicted molar refractivity (Wildman–Crippen MR) is 59.5 cm³/mol. The SMILES string of the molecule is Cc1cc(N)nn1CC1CC(C)(C)CO1. The lowest BCUT2D eigenvalue weighted by molar-refractivity contribution is 0.0849. The first kappa shape index (κ1) is 10.5. The van der Waals surface area contributed by atoms with Crippen LogP contribution in [0.4, 0.5) is 5.82 Å². The van der Waals surface area contributed by atoms with Gasteiger partial charge < -0.3 is 10.5 Å². The van der Waals surface area contributed by atoms with E-state index in [4.69, 9.17) is 10.5 Å². The highest BCUT2D eigenvalue weighted by atomic mass is 16.5. The molecule has 0 saturated carbocycles. The zero-order valence-corrected chi connectivity index (χ0v) is 9.66. The third-order valence-electron chi connectivity index (χ3n) is 2.87. The highest BCUT2D eigenvalue weighted by Gasteiger charge is 2.32. The van der Waals surface area contributed by atoms with Crippen LogP contribution in [0, 0.1) is 12.3 Å². The molecule has 0 amide bonds. The molecule has 2 heterocycles. The standard InChI is InChI=1S/C11H19N3O/c1-8-4-10(12)13-14(8)6-9-5-11(2,3)7-15-9/h4,9H,5-7H2,1-3H3,(H2,12,13). The maximum atomic E-state index is 5.73. The van der Waals surface area contributed by atoms with Crippen molar-refractivity contribution in [3.05, 3.63) is 11.8 Å². The lowest BCUT2D eigenvalue weighted by Crippen LogP contribution is -2.18. The number of ether oxygens (including phenoxy) is 1. The van der Waals surface area contributed by atoms with Crippen molar-refractivity contribution in [1.29, 1.82) is 0 Å². The van der Waals surface area contributed by atoms with Crippen LogP contribution in [-0.4, -0.2) is 22.5 Å². The Balaban J connectivity index is 2.01. The van der Waals surface area contributed by atoms with E-state index < -0.39 is 0 Å². The van der Waals surface area contributed by atoms with Crippen molar-refractivity contribution in [1.82, 2.24) is 9.78 Å². The van der Waals surface area contributed by atoms with Crippen LogP contribution in [0.2, 0.25) is 0 Å². The van der Waals surface area contributed by atoms with Gasteiger partial charge in [0.1, 0.15) is 5.82 Å². The summed E-state index contributed by atoms with van der Waals surface area (Å²) in [6.07, 6.45) is 1.37. The maximum absolute atomic E-state index is 5.73. The summed E-state index contributed by atoms with van der Waals surface area (Å²) in [5.74, 6) is 0.588. The molecule has 0 bridgehead atoms. The van der Waals surface area contributed by atoms with Crippen molar-refractivity contribution in [2.75, 3.05) is 12.3 Å². The molecule has 1 atom stereocenters. The summed E-state index contributed by atoms with van der Waals surface area (Å²) in [5.41, 5.74) is 7.04. The number of aromatic nitrogens is 2. The molecule has 4 nitrogen and oxygen atoms in total. The zero-order valence-electron chi connectivity index (χ0n) is 9.66. The van der Waals surface area contributed by atoms with Gasteiger partial charge in [-0.1, -0.05) is 13.8 Å². The van der Waals surface area contributed by atoms with E-state index in [-0.39, 0.29) is 6.10 Å². The van der Waals surface area contributed by atoms with Crippen LogP contribution in [0.15, 0.2) is 6.07 Å². The molecule has 15 heavy (non-hydrogen) atoms. The van der Waals surface area contributed by atoms with Gasteiger partial charge in [0.2, 0.25) is 0 Å². The summed E-state index contributed by atoms with van der Waals surface area (Å²) in [4.78, 5) is 0. The largest absolute Gasteiger partial charge is 0.382 e. The van der Waals surface area contributed by atoms with E-state index >= 15 is 0 Å². The quantitative estimate of drug-likeness (QED) is 0.804. The van der Waals surface area contributed by atoms with Gasteiger partial charge in [-0.25, -0.2) is 0 Å². The summed E-state index contributed by atoms with van der Waals surface area (Å²) in [6, 6.07) is 1.89. The van der Waals surface area contributed by atoms with Gasteiger partial charge in [0, 0.05) is 11.8 Å². The second-order valence-corrected chi connectivity index (χ2v) is 5.19. The number of nitrogen functional groups attached to an aromatic ring is 1. The Labute approximate surface area is 90.4 Å². The van der Waals surface area contributed by atoms with E-state index in [2.05, 4.69) is 18.9 Å². The molecule has 1 aliphatic heterocycles. The average Bonchev–Trinajstić information content (AvgIpc) is 2.57. The molecule has 2 rings (SSSR count). The summed E-state index contributed by atoms with van der Waals surface area (Å²) in [5, 5.41) is 4.24. The van der Waals surface area contributed by atoms with E-state index in [9.17, 15) is 0 Å². The van der Waals surface area contributed by atoms with Crippen LogP contribution in [0.25, 0.3) is 0 Å². The Kier molecular flexibility index (Phi) is 2.46. The van der Waals surface area contributed by atoms with Gasteiger partial charge in [-0.15, -0.1) is 0 Å². The third-order valence-corrected chi connectivity index (χ3v) is 2.87. The minimum absolute atomic E-state index is 0.276. The van der Waals surface area contributed by atoms with Gasteiger partial charge in [-0.05, 0) is 18.8 Å². The van der Waals surface area contributed by atoms with E-state index in [1.54, 1.807) is 0 Å². The average molecular weight is 209 g/mol. The topological polar surface area (TPSA) is 53.1 Å². The van der Waals surface area contributed by atoms with Gasteiger partial charge >= 0.3 is 0 Å². The number of nitrogens with zero attached hydrogens (tertiary/aromatic N) is 2. The highest BCUT2D eigenvalue weighted by molar-refractivity contribution is 5.28. The summed E-state index contributed by atoms with van der Waals surface area (Å²) >= 11 is 0. The first-order chi connectivity index (χ1) is 6.96. The van der Waals surface area contributed by atoms with Crippen molar-refractivity contribution in [3.63, 3.8) is 0 Å². The van der Waals surface area contributed by atoms with E-state index in [0.717, 1.165) is 25.3 Å². The molecule has 1 aliphatic rings. The van der Waals surface area contributed by atoms with Crippen molar-refractivity contribution in [3.8, 4) is 0 Å². The van der Waals surface area contributed by atoms with Gasteiger partial charge in [-0.3, -0.25) is 4.68 Å². The molecule has 0 aromatic carbocycles. The van der Waals surface area contributed by atoms with Gasteiger partial charge in [-0.2, -0.15) is 5.10 Å². The van der Waals surface area contributed by atoms with E-state index in [0.29, 0.717) is 11.2 Å². The lowest BCUT2D eigenvalue weighted by Gasteiger charge is -2.14. The molecule has 0 radical (unpaired) electrons. The smallest absolute Gasteiger partial charge is 0.145 e. The van der Waals surface area contributed by atoms with Gasteiger partial charge in [0.15, 0.2) is 0 Å². The fourth-order valence-corrected chi connectivity index (χ4v) is 2.11. The second kappa shape index (κ2) is 3.52. The summed E-state index contributed by atoms with van der Waals surface area (Å²) in [6.45, 7) is 8.14. The normalized spacial score (nSPS) is 24.6. The Morgan fingerprint density at radius 3 is 2.87 bits per heavy atom. The molecule has 1 saturated heterocycles. The van der Waals surface area contributed by atoms with Crippen molar-refractivity contribution >= 4 is 5.82 Å². The Morgan fingerprint density at radius 1 is 1.67 bits per heavy atom. The fraction of sp³-hybridized carbons (Fsp3) is 0.727. The van der Waals surface area contributed by atoms with Crippen LogP contribution in [0.3, 0.4) is 0 Å². The molecule has 1 aromatic rings. The van der Waals surface area contributed by atoms with E-state index in [1.165, 1.54) is 0 Å². The zero-order chi connectivity index (χ0) is 11.1. The Hall–Kier alpha value is -1.03. The second-order valence-electron chi connectivity index (χ2n) is 5.19. The number of rotatable bonds is 2. The molecule has 0 aliphatic carbocycles. The monoisotopic (exact) mass is 209 g/mol. The Bertz CT molecular complexity index is 357. The third kappa shape index (κ3) is 2.31. The van der Waals surface area contributed by atoms with Crippen LogP contribution in [0.5, 0.6) is 0 Å². The summed E-state index contributed by atoms with van der Waals surface area (Å²) < 4.78 is 7.67. The molecule has 84 valence electrons. The molecule has 4 heteroatoms. The van der Waals surface area contributed by atoms with Crippen LogP contribution < -0.4 is 5.73 Å². The number of nitrogens with two attached hydrogens (primary N) is 1. The number of hydrogen-bond donors (Lipinski definition) is 1. The van der Waals surface area contributed by atoms with Crippen LogP contribution in [-0.2, 0) is 11.3 Å². The van der Waals surface area contributed by atoms with Crippen LogP contribution in [0.1, 0.15) is 26.0 Å². The highest BCUT2D eigenvalue weighted by Crippen LogP contribution is 2.32. The predicted octanol–water partition coefficient (Wildman–Crippen LogP) is 1.59. The molecule has 1 unspecified atom stereocenters. The summed E-state index contributed by atoms with van der Waals surface area (Å²) in [7, 11) is 0.